The highest BCUT2D eigenvalue weighted by Crippen LogP contribution is 2.26. The number of ether oxygens (including phenoxy) is 1. The zero-order valence-corrected chi connectivity index (χ0v) is 16.7. The van der Waals surface area contributed by atoms with E-state index in [0.29, 0.717) is 11.5 Å². The highest BCUT2D eigenvalue weighted by Gasteiger charge is 2.17. The molecule has 4 rings (SSSR count). The Hall–Kier alpha value is -3.17. The molecule has 0 bridgehead atoms. The van der Waals surface area contributed by atoms with Gasteiger partial charge in [-0.3, -0.25) is 4.90 Å². The molecule has 0 saturated carbocycles. The highest BCUT2D eigenvalue weighted by molar-refractivity contribution is 5.66. The Morgan fingerprint density at radius 3 is 2.76 bits per heavy atom. The van der Waals surface area contributed by atoms with E-state index in [4.69, 9.17) is 15.6 Å². The molecule has 1 saturated heterocycles. The van der Waals surface area contributed by atoms with Crippen LogP contribution in [0.15, 0.2) is 36.7 Å². The van der Waals surface area contributed by atoms with E-state index in [9.17, 15) is 0 Å². The summed E-state index contributed by atoms with van der Waals surface area (Å²) in [5.41, 5.74) is 9.69. The van der Waals surface area contributed by atoms with Gasteiger partial charge in [-0.1, -0.05) is 6.07 Å². The molecule has 4 N–H and O–H groups in total. The maximum atomic E-state index is 5.99. The van der Waals surface area contributed by atoms with E-state index in [0.717, 1.165) is 61.4 Å². The van der Waals surface area contributed by atoms with Gasteiger partial charge in [-0.25, -0.2) is 9.97 Å². The molecule has 29 heavy (non-hydrogen) atoms. The van der Waals surface area contributed by atoms with Crippen molar-refractivity contribution in [2.45, 2.75) is 13.5 Å². The summed E-state index contributed by atoms with van der Waals surface area (Å²) < 4.78 is 7.26. The SMILES string of the molecule is CNc1cc(-n2nc(CN3CCOCC3)cc2Nc2cc(N)ccc2C)ncn1. The first-order chi connectivity index (χ1) is 14.1. The van der Waals surface area contributed by atoms with Crippen molar-refractivity contribution in [3.05, 3.63) is 47.9 Å². The van der Waals surface area contributed by atoms with Crippen LogP contribution in [0.1, 0.15) is 11.3 Å². The molecule has 0 unspecified atom stereocenters. The first-order valence-electron chi connectivity index (χ1n) is 9.65. The molecule has 9 heteroatoms. The van der Waals surface area contributed by atoms with E-state index >= 15 is 0 Å². The van der Waals surface area contributed by atoms with Gasteiger partial charge >= 0.3 is 0 Å². The van der Waals surface area contributed by atoms with Crippen molar-refractivity contribution >= 4 is 23.0 Å². The number of nitrogens with two attached hydrogens (primary N) is 1. The molecule has 1 fully saturated rings. The number of nitrogens with one attached hydrogen (secondary N) is 2. The molecule has 0 aliphatic carbocycles. The van der Waals surface area contributed by atoms with Crippen molar-refractivity contribution in [3.8, 4) is 5.82 Å². The third-order valence-electron chi connectivity index (χ3n) is 4.90. The van der Waals surface area contributed by atoms with Crippen LogP contribution in [-0.2, 0) is 11.3 Å². The van der Waals surface area contributed by atoms with E-state index < -0.39 is 0 Å². The van der Waals surface area contributed by atoms with E-state index in [1.54, 1.807) is 4.68 Å². The Kier molecular flexibility index (Phi) is 5.59. The largest absolute Gasteiger partial charge is 0.399 e. The van der Waals surface area contributed by atoms with Crippen molar-refractivity contribution in [3.63, 3.8) is 0 Å². The number of rotatable bonds is 6. The van der Waals surface area contributed by atoms with Gasteiger partial charge in [-0.2, -0.15) is 9.78 Å². The van der Waals surface area contributed by atoms with Crippen LogP contribution in [0.5, 0.6) is 0 Å². The third kappa shape index (κ3) is 4.47. The van der Waals surface area contributed by atoms with Gasteiger partial charge in [0.15, 0.2) is 5.82 Å². The average Bonchev–Trinajstić information content (AvgIpc) is 3.13. The fourth-order valence-corrected chi connectivity index (χ4v) is 3.27. The minimum absolute atomic E-state index is 0.682. The van der Waals surface area contributed by atoms with E-state index in [2.05, 4.69) is 31.6 Å². The standard InChI is InChI=1S/C20H26N8O/c1-14-3-4-15(21)9-17(14)25-20-10-16(12-27-5-7-29-8-6-27)26-28(20)19-11-18(22-2)23-13-24-19/h3-4,9-11,13,25H,5-8,12,21H2,1-2H3,(H,22,23,24). The fraction of sp³-hybridized carbons (Fsp3) is 0.350. The summed E-state index contributed by atoms with van der Waals surface area (Å²) in [7, 11) is 1.83. The summed E-state index contributed by atoms with van der Waals surface area (Å²) in [6.07, 6.45) is 1.53. The lowest BCUT2D eigenvalue weighted by molar-refractivity contribution is 0.0336. The Labute approximate surface area is 169 Å². The van der Waals surface area contributed by atoms with Gasteiger partial charge in [-0.15, -0.1) is 0 Å². The summed E-state index contributed by atoms with van der Waals surface area (Å²) in [6.45, 7) is 6.12. The predicted octanol–water partition coefficient (Wildman–Crippen LogP) is 2.17. The summed E-state index contributed by atoms with van der Waals surface area (Å²) in [5, 5.41) is 11.3. The number of aryl methyl sites for hydroxylation is 1. The van der Waals surface area contributed by atoms with Gasteiger partial charge in [-0.05, 0) is 24.6 Å². The molecule has 3 aromatic rings. The first-order valence-corrected chi connectivity index (χ1v) is 9.65. The number of benzene rings is 1. The average molecular weight is 394 g/mol. The normalized spacial score (nSPS) is 14.7. The van der Waals surface area contributed by atoms with Crippen LogP contribution >= 0.6 is 0 Å². The fourth-order valence-electron chi connectivity index (χ4n) is 3.27. The Bertz CT molecular complexity index is 980. The number of nitrogen functional groups attached to an aromatic ring is 1. The van der Waals surface area contributed by atoms with Gasteiger partial charge in [0, 0.05) is 50.2 Å². The lowest BCUT2D eigenvalue weighted by Crippen LogP contribution is -2.35. The van der Waals surface area contributed by atoms with Crippen molar-refractivity contribution < 1.29 is 4.74 Å². The summed E-state index contributed by atoms with van der Waals surface area (Å²) in [6, 6.07) is 9.73. The molecule has 1 aliphatic rings. The van der Waals surface area contributed by atoms with Crippen LogP contribution < -0.4 is 16.4 Å². The molecule has 9 nitrogen and oxygen atoms in total. The van der Waals surface area contributed by atoms with E-state index in [-0.39, 0.29) is 0 Å². The Morgan fingerprint density at radius 1 is 1.14 bits per heavy atom. The minimum atomic E-state index is 0.682. The first kappa shape index (κ1) is 19.2. The molecule has 2 aromatic heterocycles. The van der Waals surface area contributed by atoms with Crippen LogP contribution in [0.25, 0.3) is 5.82 Å². The number of anilines is 4. The number of aromatic nitrogens is 4. The number of hydrogen-bond donors (Lipinski definition) is 3. The van der Waals surface area contributed by atoms with Crippen molar-refractivity contribution in [2.75, 3.05) is 49.7 Å². The van der Waals surface area contributed by atoms with Gasteiger partial charge in [0.1, 0.15) is 18.0 Å². The van der Waals surface area contributed by atoms with Gasteiger partial charge < -0.3 is 21.1 Å². The second kappa shape index (κ2) is 8.46. The zero-order valence-electron chi connectivity index (χ0n) is 16.7. The molecular weight excluding hydrogens is 368 g/mol. The molecule has 1 aliphatic heterocycles. The van der Waals surface area contributed by atoms with Gasteiger partial charge in [0.25, 0.3) is 0 Å². The number of morpholine rings is 1. The van der Waals surface area contributed by atoms with E-state index in [1.807, 2.05) is 38.2 Å². The minimum Gasteiger partial charge on any atom is -0.399 e. The van der Waals surface area contributed by atoms with Crippen molar-refractivity contribution in [1.82, 2.24) is 24.6 Å². The van der Waals surface area contributed by atoms with Crippen LogP contribution in [-0.4, -0.2) is 58.0 Å². The summed E-state index contributed by atoms with van der Waals surface area (Å²) >= 11 is 0. The van der Waals surface area contributed by atoms with Crippen molar-refractivity contribution in [1.29, 1.82) is 0 Å². The zero-order chi connectivity index (χ0) is 20.2. The lowest BCUT2D eigenvalue weighted by Gasteiger charge is -2.25. The molecule has 0 spiro atoms. The number of hydrogen-bond acceptors (Lipinski definition) is 8. The maximum absolute atomic E-state index is 5.99. The summed E-state index contributed by atoms with van der Waals surface area (Å²) in [5.74, 6) is 2.23. The highest BCUT2D eigenvalue weighted by atomic mass is 16.5. The van der Waals surface area contributed by atoms with Gasteiger partial charge in [0.2, 0.25) is 0 Å². The second-order valence-electron chi connectivity index (χ2n) is 7.03. The number of nitrogens with zero attached hydrogens (tertiary/aromatic N) is 5. The topological polar surface area (TPSA) is 106 Å². The smallest absolute Gasteiger partial charge is 0.161 e. The molecule has 152 valence electrons. The van der Waals surface area contributed by atoms with Crippen LogP contribution in [0.2, 0.25) is 0 Å². The second-order valence-corrected chi connectivity index (χ2v) is 7.03. The molecule has 0 atom stereocenters. The van der Waals surface area contributed by atoms with Crippen LogP contribution in [0.3, 0.4) is 0 Å². The molecule has 0 radical (unpaired) electrons. The van der Waals surface area contributed by atoms with Crippen molar-refractivity contribution in [2.24, 2.45) is 0 Å². The molecule has 3 heterocycles. The third-order valence-corrected chi connectivity index (χ3v) is 4.90. The summed E-state index contributed by atoms with van der Waals surface area (Å²) in [4.78, 5) is 10.9. The quantitative estimate of drug-likeness (QED) is 0.546. The van der Waals surface area contributed by atoms with Crippen LogP contribution in [0.4, 0.5) is 23.0 Å². The Morgan fingerprint density at radius 2 is 1.97 bits per heavy atom. The molecular formula is C20H26N8O. The lowest BCUT2D eigenvalue weighted by atomic mass is 10.2. The van der Waals surface area contributed by atoms with Gasteiger partial charge in [0.05, 0.1) is 18.9 Å². The maximum Gasteiger partial charge on any atom is 0.161 e. The monoisotopic (exact) mass is 394 g/mol. The Balaban J connectivity index is 1.69. The van der Waals surface area contributed by atoms with Crippen LogP contribution in [0, 0.1) is 6.92 Å². The molecule has 0 amide bonds. The molecule has 1 aromatic carbocycles. The van der Waals surface area contributed by atoms with E-state index in [1.165, 1.54) is 6.33 Å². The predicted molar refractivity (Wildman–Crippen MR) is 114 cm³/mol.